The SMILES string of the molecule is Cc1cc(C)cc(OC[C@@H](O)CN2CCCCC2)c1. The third-order valence-corrected chi connectivity index (χ3v) is 3.56. The van der Waals surface area contributed by atoms with Gasteiger partial charge in [0.25, 0.3) is 0 Å². The number of ether oxygens (including phenoxy) is 1. The zero-order valence-corrected chi connectivity index (χ0v) is 12.1. The van der Waals surface area contributed by atoms with Crippen LogP contribution in [0.3, 0.4) is 0 Å². The molecule has 0 bridgehead atoms. The molecule has 0 radical (unpaired) electrons. The molecule has 0 aromatic heterocycles. The van der Waals surface area contributed by atoms with Gasteiger partial charge in [0.1, 0.15) is 18.5 Å². The molecule has 1 fully saturated rings. The topological polar surface area (TPSA) is 32.7 Å². The molecule has 1 aliphatic heterocycles. The number of aliphatic hydroxyl groups excluding tert-OH is 1. The minimum Gasteiger partial charge on any atom is -0.491 e. The van der Waals surface area contributed by atoms with Gasteiger partial charge in [0.15, 0.2) is 0 Å². The second-order valence-corrected chi connectivity index (χ2v) is 5.65. The molecule has 1 aromatic carbocycles. The Morgan fingerprint density at radius 1 is 1.11 bits per heavy atom. The average Bonchev–Trinajstić information content (AvgIpc) is 2.36. The monoisotopic (exact) mass is 263 g/mol. The summed E-state index contributed by atoms with van der Waals surface area (Å²) in [5, 5.41) is 10.0. The lowest BCUT2D eigenvalue weighted by atomic mass is 10.1. The smallest absolute Gasteiger partial charge is 0.119 e. The lowest BCUT2D eigenvalue weighted by molar-refractivity contribution is 0.0617. The molecule has 1 atom stereocenters. The standard InChI is InChI=1S/C16H25NO2/c1-13-8-14(2)10-16(9-13)19-12-15(18)11-17-6-4-3-5-7-17/h8-10,15,18H,3-7,11-12H2,1-2H3/t15-/m0/s1. The van der Waals surface area contributed by atoms with Crippen molar-refractivity contribution in [2.75, 3.05) is 26.2 Å². The molecular formula is C16H25NO2. The van der Waals surface area contributed by atoms with Gasteiger partial charge >= 0.3 is 0 Å². The van der Waals surface area contributed by atoms with Crippen molar-refractivity contribution >= 4 is 0 Å². The van der Waals surface area contributed by atoms with Crippen LogP contribution in [0.4, 0.5) is 0 Å². The summed E-state index contributed by atoms with van der Waals surface area (Å²) in [4.78, 5) is 2.33. The first-order chi connectivity index (χ1) is 9.13. The predicted molar refractivity (Wildman–Crippen MR) is 77.7 cm³/mol. The lowest BCUT2D eigenvalue weighted by Crippen LogP contribution is -2.38. The van der Waals surface area contributed by atoms with E-state index in [9.17, 15) is 5.11 Å². The van der Waals surface area contributed by atoms with Gasteiger partial charge in [-0.25, -0.2) is 0 Å². The highest BCUT2D eigenvalue weighted by Crippen LogP contribution is 2.16. The van der Waals surface area contributed by atoms with Gasteiger partial charge in [-0.15, -0.1) is 0 Å². The molecule has 0 spiro atoms. The Morgan fingerprint density at radius 3 is 2.37 bits per heavy atom. The van der Waals surface area contributed by atoms with E-state index in [1.165, 1.54) is 30.4 Å². The summed E-state index contributed by atoms with van der Waals surface area (Å²) in [7, 11) is 0. The number of β-amino-alcohol motifs (C(OH)–C–C–N with tert-alkyl or cyclic N) is 1. The molecule has 1 aromatic rings. The second-order valence-electron chi connectivity index (χ2n) is 5.65. The van der Waals surface area contributed by atoms with Crippen LogP contribution in [0.1, 0.15) is 30.4 Å². The first kappa shape index (κ1) is 14.4. The summed E-state index contributed by atoms with van der Waals surface area (Å²) in [5.41, 5.74) is 2.39. The van der Waals surface area contributed by atoms with Crippen molar-refractivity contribution in [3.63, 3.8) is 0 Å². The molecule has 0 amide bonds. The van der Waals surface area contributed by atoms with E-state index in [0.717, 1.165) is 25.4 Å². The Labute approximate surface area is 116 Å². The van der Waals surface area contributed by atoms with E-state index in [-0.39, 0.29) is 0 Å². The van der Waals surface area contributed by atoms with Gasteiger partial charge < -0.3 is 14.7 Å². The first-order valence-corrected chi connectivity index (χ1v) is 7.25. The van der Waals surface area contributed by atoms with Gasteiger partial charge in [-0.2, -0.15) is 0 Å². The Morgan fingerprint density at radius 2 is 1.74 bits per heavy atom. The normalized spacial score (nSPS) is 18.3. The maximum absolute atomic E-state index is 10.0. The zero-order valence-electron chi connectivity index (χ0n) is 12.1. The molecule has 1 aliphatic rings. The van der Waals surface area contributed by atoms with Gasteiger partial charge in [-0.1, -0.05) is 12.5 Å². The number of aliphatic hydroxyl groups is 1. The van der Waals surface area contributed by atoms with Crippen molar-refractivity contribution in [2.45, 2.75) is 39.2 Å². The van der Waals surface area contributed by atoms with Crippen molar-refractivity contribution < 1.29 is 9.84 Å². The molecule has 0 saturated carbocycles. The molecule has 1 N–H and O–H groups in total. The molecule has 0 unspecified atom stereocenters. The van der Waals surface area contributed by atoms with Crippen molar-refractivity contribution in [3.8, 4) is 5.75 Å². The Hall–Kier alpha value is -1.06. The fraction of sp³-hybridized carbons (Fsp3) is 0.625. The Balaban J connectivity index is 1.77. The van der Waals surface area contributed by atoms with Crippen LogP contribution in [0.15, 0.2) is 18.2 Å². The van der Waals surface area contributed by atoms with E-state index < -0.39 is 6.10 Å². The predicted octanol–water partition coefficient (Wildman–Crippen LogP) is 2.53. The number of nitrogens with zero attached hydrogens (tertiary/aromatic N) is 1. The van der Waals surface area contributed by atoms with Crippen LogP contribution in [0.2, 0.25) is 0 Å². The van der Waals surface area contributed by atoms with Crippen LogP contribution in [0.25, 0.3) is 0 Å². The van der Waals surface area contributed by atoms with Crippen molar-refractivity contribution in [2.24, 2.45) is 0 Å². The largest absolute Gasteiger partial charge is 0.491 e. The fourth-order valence-corrected chi connectivity index (χ4v) is 2.70. The summed E-state index contributed by atoms with van der Waals surface area (Å²) >= 11 is 0. The fourth-order valence-electron chi connectivity index (χ4n) is 2.70. The van der Waals surface area contributed by atoms with Gasteiger partial charge in [0, 0.05) is 6.54 Å². The van der Waals surface area contributed by atoms with E-state index in [0.29, 0.717) is 6.61 Å². The van der Waals surface area contributed by atoms with Gasteiger partial charge in [0.2, 0.25) is 0 Å². The highest BCUT2D eigenvalue weighted by atomic mass is 16.5. The van der Waals surface area contributed by atoms with Crippen LogP contribution in [0, 0.1) is 13.8 Å². The quantitative estimate of drug-likeness (QED) is 0.886. The minimum absolute atomic E-state index is 0.374. The van der Waals surface area contributed by atoms with E-state index in [1.54, 1.807) is 0 Å². The summed E-state index contributed by atoms with van der Waals surface area (Å²) in [6.07, 6.45) is 3.43. The summed E-state index contributed by atoms with van der Waals surface area (Å²) < 4.78 is 5.69. The first-order valence-electron chi connectivity index (χ1n) is 7.25. The maximum Gasteiger partial charge on any atom is 0.119 e. The zero-order chi connectivity index (χ0) is 13.7. The number of aryl methyl sites for hydroxylation is 2. The Kier molecular flexibility index (Phi) is 5.23. The molecular weight excluding hydrogens is 238 g/mol. The highest BCUT2D eigenvalue weighted by molar-refractivity contribution is 5.32. The number of hydrogen-bond donors (Lipinski definition) is 1. The average molecular weight is 263 g/mol. The number of hydrogen-bond acceptors (Lipinski definition) is 3. The van der Waals surface area contributed by atoms with E-state index in [1.807, 2.05) is 12.1 Å². The molecule has 0 aliphatic carbocycles. The van der Waals surface area contributed by atoms with Crippen LogP contribution >= 0.6 is 0 Å². The van der Waals surface area contributed by atoms with Crippen LogP contribution in [-0.2, 0) is 0 Å². The van der Waals surface area contributed by atoms with Crippen LogP contribution in [-0.4, -0.2) is 42.4 Å². The maximum atomic E-state index is 10.0. The van der Waals surface area contributed by atoms with Gasteiger partial charge in [0.05, 0.1) is 0 Å². The molecule has 3 nitrogen and oxygen atoms in total. The van der Waals surface area contributed by atoms with Crippen LogP contribution in [0.5, 0.6) is 5.75 Å². The number of rotatable bonds is 5. The number of benzene rings is 1. The van der Waals surface area contributed by atoms with E-state index in [4.69, 9.17) is 4.74 Å². The molecule has 2 rings (SSSR count). The van der Waals surface area contributed by atoms with E-state index >= 15 is 0 Å². The molecule has 106 valence electrons. The lowest BCUT2D eigenvalue weighted by Gasteiger charge is -2.28. The third kappa shape index (κ3) is 4.84. The van der Waals surface area contributed by atoms with Crippen molar-refractivity contribution in [3.05, 3.63) is 29.3 Å². The highest BCUT2D eigenvalue weighted by Gasteiger charge is 2.15. The van der Waals surface area contributed by atoms with Crippen LogP contribution < -0.4 is 4.74 Å². The summed E-state index contributed by atoms with van der Waals surface area (Å²) in [6.45, 7) is 7.44. The molecule has 1 heterocycles. The summed E-state index contributed by atoms with van der Waals surface area (Å²) in [5.74, 6) is 0.857. The Bertz CT molecular complexity index is 379. The molecule has 3 heteroatoms. The van der Waals surface area contributed by atoms with Crippen molar-refractivity contribution in [1.29, 1.82) is 0 Å². The second kappa shape index (κ2) is 6.92. The third-order valence-electron chi connectivity index (χ3n) is 3.56. The minimum atomic E-state index is -0.404. The number of likely N-dealkylation sites (tertiary alicyclic amines) is 1. The van der Waals surface area contributed by atoms with E-state index in [2.05, 4.69) is 24.8 Å². The van der Waals surface area contributed by atoms with Gasteiger partial charge in [-0.3, -0.25) is 0 Å². The molecule has 1 saturated heterocycles. The summed E-state index contributed by atoms with van der Waals surface area (Å²) in [6, 6.07) is 6.15. The van der Waals surface area contributed by atoms with Crippen molar-refractivity contribution in [1.82, 2.24) is 4.90 Å². The van der Waals surface area contributed by atoms with Gasteiger partial charge in [-0.05, 0) is 63.0 Å². The molecule has 19 heavy (non-hydrogen) atoms. The number of piperidine rings is 1.